The molecule has 0 saturated carbocycles. The van der Waals surface area contributed by atoms with Crippen molar-refractivity contribution in [2.75, 3.05) is 6.54 Å². The van der Waals surface area contributed by atoms with Gasteiger partial charge in [0.2, 0.25) is 0 Å². The third kappa shape index (κ3) is 2.91. The minimum atomic E-state index is -0.950. The van der Waals surface area contributed by atoms with Crippen molar-refractivity contribution >= 4 is 11.9 Å². The first kappa shape index (κ1) is 16.2. The number of nitrogens with zero attached hydrogens (tertiary/aromatic N) is 3. The van der Waals surface area contributed by atoms with Crippen LogP contribution in [-0.4, -0.2) is 38.2 Å². The highest BCUT2D eigenvalue weighted by atomic mass is 16.4. The number of amides is 1. The molecule has 0 spiro atoms. The number of aromatic nitrogens is 2. The molecule has 0 atom stereocenters. The summed E-state index contributed by atoms with van der Waals surface area (Å²) in [6.07, 6.45) is 0.732. The highest BCUT2D eigenvalue weighted by Crippen LogP contribution is 2.23. The largest absolute Gasteiger partial charge is 0.478 e. The molecule has 0 fully saturated rings. The molecular weight excluding hydrogens is 306 g/mol. The summed E-state index contributed by atoms with van der Waals surface area (Å²) >= 11 is 0. The fourth-order valence-electron chi connectivity index (χ4n) is 3.00. The van der Waals surface area contributed by atoms with Crippen LogP contribution in [0.1, 0.15) is 57.4 Å². The molecule has 1 amide bonds. The molecule has 0 radical (unpaired) electrons. The molecule has 1 aromatic heterocycles. The molecule has 24 heavy (non-hydrogen) atoms. The predicted molar refractivity (Wildman–Crippen MR) is 89.1 cm³/mol. The number of benzene rings is 1. The summed E-state index contributed by atoms with van der Waals surface area (Å²) in [6.45, 7) is 5.14. The number of carbonyl (C=O) groups excluding carboxylic acids is 1. The SMILES string of the molecule is CC(C)c1cc(C(=O)N2CCc3ccc(C(=O)O)cc3C2)n(C)n1. The van der Waals surface area contributed by atoms with Crippen LogP contribution < -0.4 is 0 Å². The number of aryl methyl sites for hydroxylation is 1. The topological polar surface area (TPSA) is 75.4 Å². The Labute approximate surface area is 140 Å². The number of hydrogen-bond donors (Lipinski definition) is 1. The van der Waals surface area contributed by atoms with E-state index in [-0.39, 0.29) is 17.4 Å². The summed E-state index contributed by atoms with van der Waals surface area (Å²) in [7, 11) is 1.78. The van der Waals surface area contributed by atoms with E-state index in [1.165, 1.54) is 0 Å². The summed E-state index contributed by atoms with van der Waals surface area (Å²) in [6, 6.07) is 6.98. The lowest BCUT2D eigenvalue weighted by atomic mass is 9.97. The van der Waals surface area contributed by atoms with Gasteiger partial charge in [-0.1, -0.05) is 19.9 Å². The van der Waals surface area contributed by atoms with Crippen LogP contribution in [0.2, 0.25) is 0 Å². The van der Waals surface area contributed by atoms with Gasteiger partial charge in [0, 0.05) is 20.1 Å². The normalized spacial score (nSPS) is 13.9. The lowest BCUT2D eigenvalue weighted by Gasteiger charge is -2.29. The molecule has 1 N–H and O–H groups in total. The van der Waals surface area contributed by atoms with Crippen LogP contribution >= 0.6 is 0 Å². The van der Waals surface area contributed by atoms with E-state index in [4.69, 9.17) is 5.11 Å². The number of carboxylic acid groups (broad SMARTS) is 1. The number of carboxylic acids is 1. The Morgan fingerprint density at radius 1 is 1.21 bits per heavy atom. The van der Waals surface area contributed by atoms with Gasteiger partial charge in [-0.05, 0) is 41.7 Å². The molecular formula is C18H21N3O3. The average molecular weight is 327 g/mol. The fraction of sp³-hybridized carbons (Fsp3) is 0.389. The maximum absolute atomic E-state index is 12.8. The molecule has 126 valence electrons. The predicted octanol–water partition coefficient (Wildman–Crippen LogP) is 2.44. The Kier molecular flexibility index (Phi) is 4.13. The Bertz CT molecular complexity index is 808. The van der Waals surface area contributed by atoms with Crippen molar-refractivity contribution in [3.05, 3.63) is 52.3 Å². The van der Waals surface area contributed by atoms with Crippen LogP contribution in [0.25, 0.3) is 0 Å². The van der Waals surface area contributed by atoms with Crippen LogP contribution in [0.4, 0.5) is 0 Å². The Morgan fingerprint density at radius 3 is 2.58 bits per heavy atom. The molecule has 1 aliphatic heterocycles. The number of aromatic carboxylic acids is 1. The zero-order valence-electron chi connectivity index (χ0n) is 14.1. The van der Waals surface area contributed by atoms with E-state index in [0.717, 1.165) is 23.2 Å². The summed E-state index contributed by atoms with van der Waals surface area (Å²) < 4.78 is 1.63. The minimum absolute atomic E-state index is 0.0664. The van der Waals surface area contributed by atoms with E-state index >= 15 is 0 Å². The maximum Gasteiger partial charge on any atom is 0.335 e. The monoisotopic (exact) mass is 327 g/mol. The van der Waals surface area contributed by atoms with E-state index in [2.05, 4.69) is 5.10 Å². The Morgan fingerprint density at radius 2 is 1.96 bits per heavy atom. The maximum atomic E-state index is 12.8. The molecule has 6 nitrogen and oxygen atoms in total. The molecule has 0 unspecified atom stereocenters. The van der Waals surface area contributed by atoms with E-state index in [9.17, 15) is 9.59 Å². The fourth-order valence-corrected chi connectivity index (χ4v) is 3.00. The van der Waals surface area contributed by atoms with Gasteiger partial charge in [-0.2, -0.15) is 5.10 Å². The number of fused-ring (bicyclic) bond motifs is 1. The zero-order chi connectivity index (χ0) is 17.4. The average Bonchev–Trinajstić information content (AvgIpc) is 2.95. The summed E-state index contributed by atoms with van der Waals surface area (Å²) in [4.78, 5) is 25.7. The van der Waals surface area contributed by atoms with Crippen molar-refractivity contribution in [2.45, 2.75) is 32.7 Å². The zero-order valence-corrected chi connectivity index (χ0v) is 14.1. The second kappa shape index (κ2) is 6.11. The van der Waals surface area contributed by atoms with Crippen LogP contribution in [0.3, 0.4) is 0 Å². The van der Waals surface area contributed by atoms with Gasteiger partial charge in [-0.15, -0.1) is 0 Å². The Hall–Kier alpha value is -2.63. The molecule has 0 bridgehead atoms. The second-order valence-electron chi connectivity index (χ2n) is 6.50. The van der Waals surface area contributed by atoms with E-state index in [1.807, 2.05) is 26.0 Å². The van der Waals surface area contributed by atoms with E-state index in [1.54, 1.807) is 28.8 Å². The molecule has 0 aliphatic carbocycles. The van der Waals surface area contributed by atoms with Gasteiger partial charge in [-0.25, -0.2) is 4.79 Å². The smallest absolute Gasteiger partial charge is 0.335 e. The summed E-state index contributed by atoms with van der Waals surface area (Å²) in [5.74, 6) is -0.754. The molecule has 2 aromatic rings. The van der Waals surface area contributed by atoms with Crippen molar-refractivity contribution in [1.82, 2.24) is 14.7 Å². The van der Waals surface area contributed by atoms with E-state index in [0.29, 0.717) is 18.8 Å². The molecule has 1 aromatic carbocycles. The minimum Gasteiger partial charge on any atom is -0.478 e. The van der Waals surface area contributed by atoms with Crippen molar-refractivity contribution < 1.29 is 14.7 Å². The standard InChI is InChI=1S/C18H21N3O3/c1-11(2)15-9-16(20(3)19-15)17(22)21-7-6-12-4-5-13(18(23)24)8-14(12)10-21/h4-5,8-9,11H,6-7,10H2,1-3H3,(H,23,24). The van der Waals surface area contributed by atoms with Gasteiger partial charge >= 0.3 is 5.97 Å². The Balaban J connectivity index is 1.85. The van der Waals surface area contributed by atoms with Crippen LogP contribution in [0.15, 0.2) is 24.3 Å². The lowest BCUT2D eigenvalue weighted by molar-refractivity contribution is 0.0696. The summed E-state index contributed by atoms with van der Waals surface area (Å²) in [5.41, 5.74) is 3.73. The van der Waals surface area contributed by atoms with Gasteiger partial charge in [0.05, 0.1) is 11.3 Å². The van der Waals surface area contributed by atoms with Gasteiger partial charge in [-0.3, -0.25) is 9.48 Å². The highest BCUT2D eigenvalue weighted by Gasteiger charge is 2.25. The van der Waals surface area contributed by atoms with Gasteiger partial charge in [0.15, 0.2) is 0 Å². The van der Waals surface area contributed by atoms with Crippen molar-refractivity contribution in [3.63, 3.8) is 0 Å². The van der Waals surface area contributed by atoms with Gasteiger partial charge < -0.3 is 10.0 Å². The molecule has 6 heteroatoms. The van der Waals surface area contributed by atoms with Crippen molar-refractivity contribution in [1.29, 1.82) is 0 Å². The first-order valence-corrected chi connectivity index (χ1v) is 8.05. The molecule has 2 heterocycles. The quantitative estimate of drug-likeness (QED) is 0.939. The first-order valence-electron chi connectivity index (χ1n) is 8.05. The first-order chi connectivity index (χ1) is 11.4. The van der Waals surface area contributed by atoms with Crippen LogP contribution in [-0.2, 0) is 20.0 Å². The van der Waals surface area contributed by atoms with Crippen LogP contribution in [0.5, 0.6) is 0 Å². The second-order valence-corrected chi connectivity index (χ2v) is 6.50. The molecule has 0 saturated heterocycles. The van der Waals surface area contributed by atoms with E-state index < -0.39 is 5.97 Å². The highest BCUT2D eigenvalue weighted by molar-refractivity contribution is 5.93. The third-order valence-corrected chi connectivity index (χ3v) is 4.46. The number of rotatable bonds is 3. The molecule has 1 aliphatic rings. The number of hydrogen-bond acceptors (Lipinski definition) is 3. The number of carbonyl (C=O) groups is 2. The third-order valence-electron chi connectivity index (χ3n) is 4.46. The van der Waals surface area contributed by atoms with Gasteiger partial charge in [0.1, 0.15) is 5.69 Å². The van der Waals surface area contributed by atoms with Gasteiger partial charge in [0.25, 0.3) is 5.91 Å². The van der Waals surface area contributed by atoms with Crippen molar-refractivity contribution in [2.24, 2.45) is 7.05 Å². The molecule has 3 rings (SSSR count). The lowest BCUT2D eigenvalue weighted by Crippen LogP contribution is -2.37. The van der Waals surface area contributed by atoms with Crippen LogP contribution in [0, 0.1) is 0 Å². The van der Waals surface area contributed by atoms with Crippen molar-refractivity contribution in [3.8, 4) is 0 Å². The summed E-state index contributed by atoms with van der Waals surface area (Å²) in [5, 5.41) is 13.5.